The molecule has 51 heavy (non-hydrogen) atoms. The Balaban J connectivity index is 1.09. The maximum atomic E-state index is 14.0. The first-order valence-corrected chi connectivity index (χ1v) is 16.8. The van der Waals surface area contributed by atoms with Gasteiger partial charge in [-0.15, -0.1) is 11.3 Å². The van der Waals surface area contributed by atoms with Crippen molar-refractivity contribution in [1.82, 2.24) is 25.1 Å². The van der Waals surface area contributed by atoms with Crippen LogP contribution in [-0.4, -0.2) is 94.6 Å². The molecule has 2 atom stereocenters. The van der Waals surface area contributed by atoms with E-state index in [1.807, 2.05) is 0 Å². The summed E-state index contributed by atoms with van der Waals surface area (Å²) in [5, 5.41) is 15.0. The molecule has 3 aliphatic heterocycles. The van der Waals surface area contributed by atoms with E-state index in [1.54, 1.807) is 33.5 Å². The van der Waals surface area contributed by atoms with Crippen molar-refractivity contribution in [1.29, 1.82) is 0 Å². The van der Waals surface area contributed by atoms with Crippen molar-refractivity contribution in [2.75, 3.05) is 44.7 Å². The summed E-state index contributed by atoms with van der Waals surface area (Å²) < 4.78 is 38.7. The van der Waals surface area contributed by atoms with Crippen LogP contribution in [0.25, 0.3) is 0 Å². The highest BCUT2D eigenvalue weighted by Gasteiger charge is 2.43. The molecule has 0 bridgehead atoms. The Kier molecular flexibility index (Phi) is 9.37. The third kappa shape index (κ3) is 6.97. The standard InChI is InChI=1S/C34H28ClF2N7O6S/c1-49-33(47)28-26(40-30(31-38-6-9-51-31)41-29(28)24-4-2-19(36)13-25(24)35)17-42-7-8-43-21(15-42)16-44(34(43)48)27-5-3-22(14-39-27)50-23-11-18(32(45)46)10-20(37)12-23/h2-6,9-14,21,29H,7-8,15-17H2,1H3,(H,40,41)(H,45,46)/t21-,29?/m0/s1. The predicted molar refractivity (Wildman–Crippen MR) is 182 cm³/mol. The number of hydrogen-bond donors (Lipinski definition) is 2. The van der Waals surface area contributed by atoms with Gasteiger partial charge in [-0.2, -0.15) is 0 Å². The topological polar surface area (TPSA) is 150 Å². The van der Waals surface area contributed by atoms with Gasteiger partial charge >= 0.3 is 18.0 Å². The number of nitrogens with one attached hydrogen (secondary N) is 1. The number of carbonyl (C=O) groups is 3. The number of benzene rings is 2. The minimum atomic E-state index is -1.29. The van der Waals surface area contributed by atoms with Crippen LogP contribution in [0, 0.1) is 11.6 Å². The average molecular weight is 736 g/mol. The van der Waals surface area contributed by atoms with Crippen molar-refractivity contribution in [3.05, 3.63) is 110 Å². The molecule has 13 nitrogen and oxygen atoms in total. The number of urea groups is 1. The zero-order chi connectivity index (χ0) is 35.8. The number of pyridine rings is 1. The lowest BCUT2D eigenvalue weighted by molar-refractivity contribution is -0.136. The van der Waals surface area contributed by atoms with Crippen molar-refractivity contribution < 1.29 is 37.7 Å². The number of hydrogen-bond acceptors (Lipinski definition) is 11. The highest BCUT2D eigenvalue weighted by molar-refractivity contribution is 7.11. The molecule has 7 rings (SSSR count). The minimum Gasteiger partial charge on any atom is -0.478 e. The number of esters is 1. The average Bonchev–Trinajstić information content (AvgIpc) is 3.76. The van der Waals surface area contributed by atoms with Crippen LogP contribution in [0.4, 0.5) is 19.4 Å². The van der Waals surface area contributed by atoms with Crippen LogP contribution in [-0.2, 0) is 9.53 Å². The number of thiazole rings is 1. The first-order valence-electron chi connectivity index (χ1n) is 15.6. The number of nitrogens with zero attached hydrogens (tertiary/aromatic N) is 6. The molecule has 0 radical (unpaired) electrons. The number of aromatic carboxylic acids is 1. The third-order valence-corrected chi connectivity index (χ3v) is 9.70. The number of carboxylic acids is 1. The Labute approximate surface area is 298 Å². The number of aromatic nitrogens is 2. The number of carbonyl (C=O) groups excluding carboxylic acids is 2. The number of carboxylic acid groups (broad SMARTS) is 1. The van der Waals surface area contributed by atoms with Gasteiger partial charge in [0.25, 0.3) is 0 Å². The van der Waals surface area contributed by atoms with Gasteiger partial charge in [-0.25, -0.2) is 33.1 Å². The number of ether oxygens (including phenoxy) is 2. The van der Waals surface area contributed by atoms with Crippen LogP contribution in [0.15, 0.2) is 82.6 Å². The molecule has 3 aliphatic rings. The van der Waals surface area contributed by atoms with Gasteiger partial charge in [0.1, 0.15) is 35.0 Å². The summed E-state index contributed by atoms with van der Waals surface area (Å²) in [6, 6.07) is 8.92. The van der Waals surface area contributed by atoms with E-state index >= 15 is 0 Å². The number of amidine groups is 1. The Morgan fingerprint density at radius 2 is 1.90 bits per heavy atom. The van der Waals surface area contributed by atoms with Crippen LogP contribution in [0.3, 0.4) is 0 Å². The normalized spacial score (nSPS) is 19.1. The molecule has 4 aromatic rings. The second kappa shape index (κ2) is 14.0. The van der Waals surface area contributed by atoms with Gasteiger partial charge in [0.05, 0.1) is 37.0 Å². The Hall–Kier alpha value is -5.45. The first-order chi connectivity index (χ1) is 24.6. The molecule has 0 spiro atoms. The Morgan fingerprint density at radius 1 is 1.06 bits per heavy atom. The summed E-state index contributed by atoms with van der Waals surface area (Å²) in [6.07, 6.45) is 3.01. The smallest absolute Gasteiger partial charge is 0.338 e. The quantitative estimate of drug-likeness (QED) is 0.222. The van der Waals surface area contributed by atoms with Gasteiger partial charge < -0.3 is 24.8 Å². The third-order valence-electron chi connectivity index (χ3n) is 8.59. The van der Waals surface area contributed by atoms with E-state index in [4.69, 9.17) is 26.1 Å². The maximum Gasteiger partial charge on any atom is 0.338 e. The van der Waals surface area contributed by atoms with Gasteiger partial charge in [-0.05, 0) is 36.4 Å². The summed E-state index contributed by atoms with van der Waals surface area (Å²) in [5.41, 5.74) is 0.915. The van der Waals surface area contributed by atoms with E-state index in [1.165, 1.54) is 48.9 Å². The van der Waals surface area contributed by atoms with Crippen molar-refractivity contribution in [2.45, 2.75) is 12.1 Å². The van der Waals surface area contributed by atoms with Crippen molar-refractivity contribution in [3.63, 3.8) is 0 Å². The molecule has 0 aliphatic carbocycles. The number of amides is 2. The SMILES string of the molecule is COC(=O)C1=C(CN2CCN3C(=O)N(c4ccc(Oc5cc(F)cc(C(=O)O)c5)cn4)C[C@@H]3C2)NC(c2nccs2)=NC1c1ccc(F)cc1Cl. The Morgan fingerprint density at radius 3 is 2.61 bits per heavy atom. The zero-order valence-corrected chi connectivity index (χ0v) is 28.3. The predicted octanol–water partition coefficient (Wildman–Crippen LogP) is 5.10. The van der Waals surface area contributed by atoms with Crippen molar-refractivity contribution >= 4 is 52.6 Å². The number of rotatable bonds is 9. The van der Waals surface area contributed by atoms with Crippen LogP contribution in [0.5, 0.6) is 11.5 Å². The molecule has 2 aromatic heterocycles. The number of aliphatic imine (C=N–C) groups is 1. The van der Waals surface area contributed by atoms with E-state index in [-0.39, 0.29) is 46.3 Å². The number of piperazine rings is 1. The van der Waals surface area contributed by atoms with Gasteiger partial charge in [0, 0.05) is 60.1 Å². The van der Waals surface area contributed by atoms with Crippen molar-refractivity contribution in [2.24, 2.45) is 4.99 Å². The maximum absolute atomic E-state index is 14.0. The second-order valence-corrected chi connectivity index (χ2v) is 13.1. The van der Waals surface area contributed by atoms with Crippen molar-refractivity contribution in [3.8, 4) is 11.5 Å². The van der Waals surface area contributed by atoms with E-state index in [2.05, 4.69) is 20.2 Å². The van der Waals surface area contributed by atoms with E-state index in [9.17, 15) is 28.3 Å². The molecule has 2 saturated heterocycles. The van der Waals surface area contributed by atoms with Gasteiger partial charge in [-0.1, -0.05) is 17.7 Å². The molecule has 262 valence electrons. The van der Waals surface area contributed by atoms with Gasteiger partial charge in [0.2, 0.25) is 0 Å². The highest BCUT2D eigenvalue weighted by Crippen LogP contribution is 2.37. The van der Waals surface area contributed by atoms with Gasteiger partial charge in [-0.3, -0.25) is 14.8 Å². The zero-order valence-electron chi connectivity index (χ0n) is 26.8. The van der Waals surface area contributed by atoms with E-state index in [0.29, 0.717) is 54.1 Å². The largest absolute Gasteiger partial charge is 0.478 e. The summed E-state index contributed by atoms with van der Waals surface area (Å²) in [7, 11) is 1.28. The van der Waals surface area contributed by atoms with E-state index < -0.39 is 29.6 Å². The highest BCUT2D eigenvalue weighted by atomic mass is 35.5. The molecule has 2 fully saturated rings. The fourth-order valence-corrected chi connectivity index (χ4v) is 7.13. The number of halogens is 3. The molecule has 5 heterocycles. The molecular weight excluding hydrogens is 708 g/mol. The summed E-state index contributed by atoms with van der Waals surface area (Å²) >= 11 is 7.84. The van der Waals surface area contributed by atoms with Crippen LogP contribution < -0.4 is 15.0 Å². The summed E-state index contributed by atoms with van der Waals surface area (Å²) in [5.74, 6) is -2.17. The molecule has 1 unspecified atom stereocenters. The minimum absolute atomic E-state index is 0.00789. The Bertz CT molecular complexity index is 2080. The van der Waals surface area contributed by atoms with E-state index in [0.717, 1.165) is 12.1 Å². The fraction of sp³-hybridized carbons (Fsp3) is 0.235. The number of fused-ring (bicyclic) bond motifs is 1. The van der Waals surface area contributed by atoms with Crippen LogP contribution >= 0.6 is 22.9 Å². The van der Waals surface area contributed by atoms with Crippen LogP contribution in [0.1, 0.15) is 27.0 Å². The fourth-order valence-electron chi connectivity index (χ4n) is 6.27. The molecule has 2 amide bonds. The first kappa shape index (κ1) is 34.0. The molecule has 17 heteroatoms. The monoisotopic (exact) mass is 735 g/mol. The molecular formula is C34H28ClF2N7O6S. The molecule has 2 N–H and O–H groups in total. The molecule has 0 saturated carbocycles. The summed E-state index contributed by atoms with van der Waals surface area (Å²) in [6.45, 7) is 1.99. The number of methoxy groups -OCH3 is 1. The lowest BCUT2D eigenvalue weighted by Crippen LogP contribution is -2.53. The lowest BCUT2D eigenvalue weighted by atomic mass is 9.95. The lowest BCUT2D eigenvalue weighted by Gasteiger charge is -2.38. The molecule has 2 aromatic carbocycles. The van der Waals surface area contributed by atoms with Gasteiger partial charge in [0.15, 0.2) is 10.8 Å². The second-order valence-electron chi connectivity index (χ2n) is 11.8. The summed E-state index contributed by atoms with van der Waals surface area (Å²) in [4.78, 5) is 57.1. The number of anilines is 1. The van der Waals surface area contributed by atoms with Crippen LogP contribution in [0.2, 0.25) is 5.02 Å².